The van der Waals surface area contributed by atoms with E-state index >= 15 is 0 Å². The minimum absolute atomic E-state index is 0.187. The van der Waals surface area contributed by atoms with Gasteiger partial charge in [-0.05, 0) is 26.8 Å². The molecule has 1 saturated heterocycles. The molecule has 4 heterocycles. The number of amides is 1. The number of nitrogens with zero attached hydrogens (tertiary/aromatic N) is 6. The number of thiazole rings is 1. The van der Waals surface area contributed by atoms with Crippen molar-refractivity contribution in [1.82, 2.24) is 24.6 Å². The summed E-state index contributed by atoms with van der Waals surface area (Å²) in [6, 6.07) is 3.98. The molecule has 11 heteroatoms. The Morgan fingerprint density at radius 1 is 1.18 bits per heavy atom. The number of rotatable bonds is 7. The van der Waals surface area contributed by atoms with Gasteiger partial charge in [0.15, 0.2) is 5.13 Å². The first-order valence-corrected chi connectivity index (χ1v) is 11.8. The number of piperazine rings is 1. The van der Waals surface area contributed by atoms with Gasteiger partial charge in [-0.15, -0.1) is 0 Å². The molecule has 1 aliphatic rings. The van der Waals surface area contributed by atoms with Crippen molar-refractivity contribution in [1.29, 1.82) is 0 Å². The molecular formula is C22H30N8O2S. The number of β-amino-alcohol motifs (C(OH)–C–C–N with tert-alkyl or cyclic N) is 1. The Morgan fingerprint density at radius 3 is 2.61 bits per heavy atom. The fourth-order valence-corrected chi connectivity index (χ4v) is 4.65. The van der Waals surface area contributed by atoms with Crippen molar-refractivity contribution < 1.29 is 9.90 Å². The summed E-state index contributed by atoms with van der Waals surface area (Å²) >= 11 is 1.30. The predicted molar refractivity (Wildman–Crippen MR) is 131 cm³/mol. The predicted octanol–water partition coefficient (Wildman–Crippen LogP) is 2.31. The van der Waals surface area contributed by atoms with E-state index in [9.17, 15) is 4.79 Å². The van der Waals surface area contributed by atoms with E-state index in [0.29, 0.717) is 16.6 Å². The number of hydrogen-bond acceptors (Lipinski definition) is 9. The molecule has 0 saturated carbocycles. The molecule has 0 atom stereocenters. The molecule has 0 radical (unpaired) electrons. The SMILES string of the molecule is Cc1cc(Nc2ncc(C(=O)Nc3c(C)nn(C)c3C)s2)cc(N2CCN(CCO)CC2)n1. The first-order chi connectivity index (χ1) is 15.8. The van der Waals surface area contributed by atoms with Crippen LogP contribution in [0.1, 0.15) is 26.8 Å². The van der Waals surface area contributed by atoms with Crippen molar-refractivity contribution >= 4 is 39.6 Å². The van der Waals surface area contributed by atoms with Crippen LogP contribution in [0.4, 0.5) is 22.3 Å². The van der Waals surface area contributed by atoms with Gasteiger partial charge in [-0.3, -0.25) is 14.4 Å². The quantitative estimate of drug-likeness (QED) is 0.482. The molecule has 0 unspecified atom stereocenters. The van der Waals surface area contributed by atoms with Crippen molar-refractivity contribution in [3.8, 4) is 0 Å². The number of aryl methyl sites for hydroxylation is 3. The van der Waals surface area contributed by atoms with E-state index < -0.39 is 0 Å². The minimum Gasteiger partial charge on any atom is -0.395 e. The van der Waals surface area contributed by atoms with Crippen LogP contribution >= 0.6 is 11.3 Å². The second-order valence-corrected chi connectivity index (χ2v) is 9.22. The summed E-state index contributed by atoms with van der Waals surface area (Å²) in [5.74, 6) is 0.713. The third kappa shape index (κ3) is 5.32. The van der Waals surface area contributed by atoms with Gasteiger partial charge in [0, 0.05) is 57.2 Å². The van der Waals surface area contributed by atoms with Crippen LogP contribution in [0.3, 0.4) is 0 Å². The number of carbonyl (C=O) groups is 1. The third-order valence-electron chi connectivity index (χ3n) is 5.78. The Morgan fingerprint density at radius 2 is 1.94 bits per heavy atom. The lowest BCUT2D eigenvalue weighted by Crippen LogP contribution is -2.47. The first-order valence-electron chi connectivity index (χ1n) is 11.0. The molecule has 176 valence electrons. The Kier molecular flexibility index (Phi) is 6.91. The normalized spacial score (nSPS) is 14.5. The highest BCUT2D eigenvalue weighted by Gasteiger charge is 2.19. The fourth-order valence-electron chi connectivity index (χ4n) is 3.92. The number of aromatic nitrogens is 4. The molecule has 0 aromatic carbocycles. The zero-order valence-corrected chi connectivity index (χ0v) is 20.2. The van der Waals surface area contributed by atoms with E-state index in [1.807, 2.05) is 40.0 Å². The molecule has 3 N–H and O–H groups in total. The number of aliphatic hydroxyl groups excluding tert-OH is 1. The molecule has 10 nitrogen and oxygen atoms in total. The summed E-state index contributed by atoms with van der Waals surface area (Å²) in [5.41, 5.74) is 4.21. The Bertz CT molecular complexity index is 1130. The lowest BCUT2D eigenvalue weighted by atomic mass is 10.2. The topological polar surface area (TPSA) is 111 Å². The van der Waals surface area contributed by atoms with Gasteiger partial charge in [-0.1, -0.05) is 11.3 Å². The largest absolute Gasteiger partial charge is 0.395 e. The van der Waals surface area contributed by atoms with Crippen molar-refractivity contribution in [2.24, 2.45) is 7.05 Å². The highest BCUT2D eigenvalue weighted by molar-refractivity contribution is 7.17. The zero-order valence-electron chi connectivity index (χ0n) is 19.4. The van der Waals surface area contributed by atoms with Crippen LogP contribution in [0.2, 0.25) is 0 Å². The average molecular weight is 471 g/mol. The average Bonchev–Trinajstić information content (AvgIpc) is 3.34. The maximum Gasteiger partial charge on any atom is 0.267 e. The molecule has 0 spiro atoms. The molecule has 0 bridgehead atoms. The molecule has 1 amide bonds. The molecular weight excluding hydrogens is 440 g/mol. The smallest absolute Gasteiger partial charge is 0.267 e. The molecule has 1 aliphatic heterocycles. The van der Waals surface area contributed by atoms with Gasteiger partial charge in [-0.2, -0.15) is 5.10 Å². The first kappa shape index (κ1) is 23.1. The Labute approximate surface area is 197 Å². The van der Waals surface area contributed by atoms with Crippen LogP contribution in [0.5, 0.6) is 0 Å². The maximum atomic E-state index is 12.7. The molecule has 3 aromatic rings. The highest BCUT2D eigenvalue weighted by Crippen LogP contribution is 2.27. The van der Waals surface area contributed by atoms with E-state index in [4.69, 9.17) is 10.1 Å². The zero-order chi connectivity index (χ0) is 23.5. The summed E-state index contributed by atoms with van der Waals surface area (Å²) < 4.78 is 1.75. The minimum atomic E-state index is -0.202. The monoisotopic (exact) mass is 470 g/mol. The van der Waals surface area contributed by atoms with Crippen LogP contribution in [0.15, 0.2) is 18.3 Å². The maximum absolute atomic E-state index is 12.7. The van der Waals surface area contributed by atoms with E-state index in [1.165, 1.54) is 11.3 Å². The van der Waals surface area contributed by atoms with Gasteiger partial charge in [-0.25, -0.2) is 9.97 Å². The number of aliphatic hydroxyl groups is 1. The summed E-state index contributed by atoms with van der Waals surface area (Å²) in [5, 5.41) is 20.4. The van der Waals surface area contributed by atoms with Crippen molar-refractivity contribution in [2.45, 2.75) is 20.8 Å². The van der Waals surface area contributed by atoms with Crippen LogP contribution < -0.4 is 15.5 Å². The van der Waals surface area contributed by atoms with Gasteiger partial charge in [0.2, 0.25) is 0 Å². The van der Waals surface area contributed by atoms with Gasteiger partial charge in [0.05, 0.1) is 29.9 Å². The van der Waals surface area contributed by atoms with Crippen LogP contribution in [-0.4, -0.2) is 75.0 Å². The fraction of sp³-hybridized carbons (Fsp3) is 0.455. The van der Waals surface area contributed by atoms with Gasteiger partial charge >= 0.3 is 0 Å². The molecule has 33 heavy (non-hydrogen) atoms. The lowest BCUT2D eigenvalue weighted by Gasteiger charge is -2.35. The Hall–Kier alpha value is -3.02. The lowest BCUT2D eigenvalue weighted by molar-refractivity contribution is 0.103. The van der Waals surface area contributed by atoms with Gasteiger partial charge < -0.3 is 20.6 Å². The Balaban J connectivity index is 1.43. The van der Waals surface area contributed by atoms with Crippen LogP contribution in [0.25, 0.3) is 0 Å². The number of pyridine rings is 1. The standard InChI is InChI=1S/C22H30N8O2S/c1-14-11-17(12-19(24-14)30-7-5-29(6-8-30)9-10-31)25-22-23-13-18(33-22)21(32)26-20-15(2)27-28(4)16(20)3/h11-13,31H,5-10H2,1-4H3,(H,26,32)(H,23,24,25). The van der Waals surface area contributed by atoms with E-state index in [1.54, 1.807) is 10.9 Å². The number of nitrogens with one attached hydrogen (secondary N) is 2. The van der Waals surface area contributed by atoms with Crippen molar-refractivity contribution in [3.63, 3.8) is 0 Å². The summed E-state index contributed by atoms with van der Waals surface area (Å²) in [6.07, 6.45) is 1.58. The second kappa shape index (κ2) is 9.86. The van der Waals surface area contributed by atoms with Crippen LogP contribution in [-0.2, 0) is 7.05 Å². The van der Waals surface area contributed by atoms with Gasteiger partial charge in [0.1, 0.15) is 10.7 Å². The molecule has 4 rings (SSSR count). The van der Waals surface area contributed by atoms with Crippen molar-refractivity contribution in [2.75, 3.05) is 54.9 Å². The molecule has 0 aliphatic carbocycles. The number of carbonyl (C=O) groups excluding carboxylic acids is 1. The molecule has 3 aromatic heterocycles. The highest BCUT2D eigenvalue weighted by atomic mass is 32.1. The van der Waals surface area contributed by atoms with E-state index in [2.05, 4.69) is 30.5 Å². The van der Waals surface area contributed by atoms with E-state index in [0.717, 1.165) is 60.5 Å². The van der Waals surface area contributed by atoms with Gasteiger partial charge in [0.25, 0.3) is 5.91 Å². The summed E-state index contributed by atoms with van der Waals surface area (Å²) in [6.45, 7) is 10.2. The van der Waals surface area contributed by atoms with E-state index in [-0.39, 0.29) is 12.5 Å². The second-order valence-electron chi connectivity index (χ2n) is 8.19. The third-order valence-corrected chi connectivity index (χ3v) is 6.69. The number of anilines is 4. The number of hydrogen-bond donors (Lipinski definition) is 3. The molecule has 1 fully saturated rings. The summed E-state index contributed by atoms with van der Waals surface area (Å²) in [7, 11) is 1.85. The van der Waals surface area contributed by atoms with Crippen LogP contribution in [0, 0.1) is 20.8 Å². The van der Waals surface area contributed by atoms with Crippen molar-refractivity contribution in [3.05, 3.63) is 40.3 Å². The summed E-state index contributed by atoms with van der Waals surface area (Å²) in [4.78, 5) is 26.9.